The molecule has 0 unspecified atom stereocenters. The van der Waals surface area contributed by atoms with Gasteiger partial charge in [-0.25, -0.2) is 4.79 Å². The van der Waals surface area contributed by atoms with Gasteiger partial charge in [-0.2, -0.15) is 4.98 Å². The highest BCUT2D eigenvalue weighted by Crippen LogP contribution is 2.26. The Morgan fingerprint density at radius 2 is 2.05 bits per heavy atom. The lowest BCUT2D eigenvalue weighted by Gasteiger charge is -2.33. The van der Waals surface area contributed by atoms with Gasteiger partial charge in [-0.3, -0.25) is 0 Å². The molecule has 6 nitrogen and oxygen atoms in total. The zero-order chi connectivity index (χ0) is 14.7. The van der Waals surface area contributed by atoms with Crippen LogP contribution in [0.3, 0.4) is 0 Å². The highest BCUT2D eigenvalue weighted by atomic mass is 16.5. The molecule has 1 saturated heterocycles. The minimum Gasteiger partial charge on any atom is -0.339 e. The maximum Gasteiger partial charge on any atom is 0.317 e. The highest BCUT2D eigenvalue weighted by Gasteiger charge is 2.29. The molecule has 0 spiro atoms. The van der Waals surface area contributed by atoms with Gasteiger partial charge in [-0.15, -0.1) is 0 Å². The molecule has 1 aliphatic carbocycles. The predicted octanol–water partition coefficient (Wildman–Crippen LogP) is 2.60. The van der Waals surface area contributed by atoms with Gasteiger partial charge in [0.2, 0.25) is 5.89 Å². The summed E-state index contributed by atoms with van der Waals surface area (Å²) in [6.45, 7) is 3.33. The molecule has 6 heteroatoms. The molecule has 1 aromatic rings. The summed E-state index contributed by atoms with van der Waals surface area (Å²) in [5, 5.41) is 7.04. The van der Waals surface area contributed by atoms with Gasteiger partial charge < -0.3 is 14.7 Å². The number of carbonyl (C=O) groups is 1. The number of amides is 2. The van der Waals surface area contributed by atoms with Crippen molar-refractivity contribution in [2.45, 2.75) is 63.8 Å². The maximum absolute atomic E-state index is 12.4. The number of rotatable bonds is 2. The van der Waals surface area contributed by atoms with Crippen molar-refractivity contribution in [2.24, 2.45) is 0 Å². The Morgan fingerprint density at radius 1 is 1.24 bits per heavy atom. The molecule has 0 aromatic carbocycles. The van der Waals surface area contributed by atoms with E-state index in [1.807, 2.05) is 11.8 Å². The Balaban J connectivity index is 1.56. The van der Waals surface area contributed by atoms with Crippen molar-refractivity contribution in [1.29, 1.82) is 0 Å². The average Bonchev–Trinajstić information content (AvgIpc) is 2.95. The molecule has 0 bridgehead atoms. The molecule has 1 aromatic heterocycles. The van der Waals surface area contributed by atoms with Crippen LogP contribution in [0.5, 0.6) is 0 Å². The van der Waals surface area contributed by atoms with Crippen LogP contribution in [0.4, 0.5) is 4.79 Å². The summed E-state index contributed by atoms with van der Waals surface area (Å²) < 4.78 is 5.26. The zero-order valence-corrected chi connectivity index (χ0v) is 12.7. The van der Waals surface area contributed by atoms with Gasteiger partial charge in [-0.1, -0.05) is 24.4 Å². The van der Waals surface area contributed by atoms with Crippen LogP contribution < -0.4 is 5.32 Å². The predicted molar refractivity (Wildman–Crippen MR) is 78.0 cm³/mol. The first-order chi connectivity index (χ1) is 10.2. The number of nitrogens with zero attached hydrogens (tertiary/aromatic N) is 3. The number of urea groups is 1. The number of nitrogens with one attached hydrogen (secondary N) is 1. The van der Waals surface area contributed by atoms with Gasteiger partial charge in [0.1, 0.15) is 0 Å². The smallest absolute Gasteiger partial charge is 0.317 e. The van der Waals surface area contributed by atoms with Crippen LogP contribution >= 0.6 is 0 Å². The molecule has 0 radical (unpaired) electrons. The monoisotopic (exact) mass is 292 g/mol. The second-order valence-electron chi connectivity index (χ2n) is 6.25. The zero-order valence-electron chi connectivity index (χ0n) is 12.7. The standard InChI is InChI=1S/C15H24N4O2/c1-11-16-14(21-18-11)12-6-5-9-19(10-12)15(20)17-13-7-3-2-4-8-13/h12-13H,2-10H2,1H3,(H,17,20)/t12-/m0/s1. The van der Waals surface area contributed by atoms with Crippen molar-refractivity contribution in [3.8, 4) is 0 Å². The summed E-state index contributed by atoms with van der Waals surface area (Å²) >= 11 is 0. The summed E-state index contributed by atoms with van der Waals surface area (Å²) in [5.74, 6) is 1.51. The van der Waals surface area contributed by atoms with Crippen LogP contribution in [0, 0.1) is 6.92 Å². The molecule has 1 saturated carbocycles. The summed E-state index contributed by atoms with van der Waals surface area (Å²) in [7, 11) is 0. The average molecular weight is 292 g/mol. The van der Waals surface area contributed by atoms with Gasteiger partial charge in [-0.05, 0) is 32.6 Å². The number of piperidine rings is 1. The van der Waals surface area contributed by atoms with Gasteiger partial charge in [0.25, 0.3) is 0 Å². The van der Waals surface area contributed by atoms with E-state index < -0.39 is 0 Å². The molecule has 2 fully saturated rings. The SMILES string of the molecule is Cc1noc([C@H]2CCCN(C(=O)NC3CCCCC3)C2)n1. The Labute approximate surface area is 125 Å². The Bertz CT molecular complexity index is 482. The maximum atomic E-state index is 12.4. The molecular weight excluding hydrogens is 268 g/mol. The van der Waals surface area contributed by atoms with E-state index >= 15 is 0 Å². The number of likely N-dealkylation sites (tertiary alicyclic amines) is 1. The van der Waals surface area contributed by atoms with E-state index in [1.165, 1.54) is 19.3 Å². The third-order valence-electron chi connectivity index (χ3n) is 4.53. The van der Waals surface area contributed by atoms with Gasteiger partial charge in [0.15, 0.2) is 5.82 Å². The van der Waals surface area contributed by atoms with E-state index in [0.29, 0.717) is 24.3 Å². The molecule has 1 N–H and O–H groups in total. The molecule has 2 amide bonds. The Morgan fingerprint density at radius 3 is 2.76 bits per heavy atom. The molecular formula is C15H24N4O2. The fourth-order valence-electron chi connectivity index (χ4n) is 3.35. The Hall–Kier alpha value is -1.59. The van der Waals surface area contributed by atoms with Crippen molar-refractivity contribution < 1.29 is 9.32 Å². The van der Waals surface area contributed by atoms with E-state index in [2.05, 4.69) is 15.5 Å². The summed E-state index contributed by atoms with van der Waals surface area (Å²) in [6, 6.07) is 0.431. The number of aromatic nitrogens is 2. The normalized spacial score (nSPS) is 24.0. The van der Waals surface area contributed by atoms with Crippen LogP contribution in [0.15, 0.2) is 4.52 Å². The van der Waals surface area contributed by atoms with Crippen LogP contribution in [-0.4, -0.2) is 40.2 Å². The number of hydrogen-bond acceptors (Lipinski definition) is 4. The second kappa shape index (κ2) is 6.45. The van der Waals surface area contributed by atoms with Crippen molar-refractivity contribution in [2.75, 3.05) is 13.1 Å². The lowest BCUT2D eigenvalue weighted by molar-refractivity contribution is 0.166. The fourth-order valence-corrected chi connectivity index (χ4v) is 3.35. The number of hydrogen-bond donors (Lipinski definition) is 1. The van der Waals surface area contributed by atoms with Crippen molar-refractivity contribution >= 4 is 6.03 Å². The Kier molecular flexibility index (Phi) is 4.41. The van der Waals surface area contributed by atoms with E-state index in [0.717, 1.165) is 32.2 Å². The molecule has 2 aliphatic rings. The third kappa shape index (κ3) is 3.54. The molecule has 1 atom stereocenters. The number of carbonyl (C=O) groups excluding carboxylic acids is 1. The molecule has 21 heavy (non-hydrogen) atoms. The van der Waals surface area contributed by atoms with Gasteiger partial charge in [0, 0.05) is 19.1 Å². The summed E-state index contributed by atoms with van der Waals surface area (Å²) in [5.41, 5.74) is 0. The van der Waals surface area contributed by atoms with E-state index in [-0.39, 0.29) is 11.9 Å². The van der Waals surface area contributed by atoms with Gasteiger partial charge in [0.05, 0.1) is 5.92 Å². The second-order valence-corrected chi connectivity index (χ2v) is 6.25. The van der Waals surface area contributed by atoms with Crippen molar-refractivity contribution in [1.82, 2.24) is 20.4 Å². The number of aryl methyl sites for hydroxylation is 1. The largest absolute Gasteiger partial charge is 0.339 e. The van der Waals surface area contributed by atoms with Crippen LogP contribution in [-0.2, 0) is 0 Å². The minimum absolute atomic E-state index is 0.0721. The lowest BCUT2D eigenvalue weighted by atomic mass is 9.95. The van der Waals surface area contributed by atoms with Crippen LogP contribution in [0.1, 0.15) is 62.6 Å². The fraction of sp³-hybridized carbons (Fsp3) is 0.800. The highest BCUT2D eigenvalue weighted by molar-refractivity contribution is 5.74. The quantitative estimate of drug-likeness (QED) is 0.909. The van der Waals surface area contributed by atoms with Crippen LogP contribution in [0.25, 0.3) is 0 Å². The van der Waals surface area contributed by atoms with Crippen molar-refractivity contribution in [3.63, 3.8) is 0 Å². The summed E-state index contributed by atoms with van der Waals surface area (Å²) in [4.78, 5) is 18.6. The lowest BCUT2D eigenvalue weighted by Crippen LogP contribution is -2.48. The first-order valence-electron chi connectivity index (χ1n) is 8.08. The first kappa shape index (κ1) is 14.4. The minimum atomic E-state index is 0.0721. The summed E-state index contributed by atoms with van der Waals surface area (Å²) in [6.07, 6.45) is 8.00. The van der Waals surface area contributed by atoms with Crippen LogP contribution in [0.2, 0.25) is 0 Å². The molecule has 1 aliphatic heterocycles. The third-order valence-corrected chi connectivity index (χ3v) is 4.53. The molecule has 2 heterocycles. The topological polar surface area (TPSA) is 71.3 Å². The van der Waals surface area contributed by atoms with E-state index in [9.17, 15) is 4.79 Å². The van der Waals surface area contributed by atoms with E-state index in [1.54, 1.807) is 0 Å². The molecule has 3 rings (SSSR count). The van der Waals surface area contributed by atoms with Gasteiger partial charge >= 0.3 is 6.03 Å². The van der Waals surface area contributed by atoms with E-state index in [4.69, 9.17) is 4.52 Å². The van der Waals surface area contributed by atoms with Crippen molar-refractivity contribution in [3.05, 3.63) is 11.7 Å². The first-order valence-corrected chi connectivity index (χ1v) is 8.08. The molecule has 116 valence electrons.